The summed E-state index contributed by atoms with van der Waals surface area (Å²) in [6.07, 6.45) is 2.40. The zero-order valence-corrected chi connectivity index (χ0v) is 17.1. The predicted molar refractivity (Wildman–Crippen MR) is 109 cm³/mol. The van der Waals surface area contributed by atoms with Crippen LogP contribution in [0.3, 0.4) is 0 Å². The van der Waals surface area contributed by atoms with Gasteiger partial charge in [0.2, 0.25) is 0 Å². The van der Waals surface area contributed by atoms with Crippen LogP contribution in [-0.2, 0) is 6.61 Å². The number of nitrogens with zero attached hydrogens (tertiary/aromatic N) is 4. The minimum atomic E-state index is -0.214. The summed E-state index contributed by atoms with van der Waals surface area (Å²) in [4.78, 5) is 23.3. The first-order chi connectivity index (χ1) is 13.9. The van der Waals surface area contributed by atoms with Crippen LogP contribution < -0.4 is 10.1 Å². The van der Waals surface area contributed by atoms with E-state index in [9.17, 15) is 9.90 Å². The fourth-order valence-electron chi connectivity index (χ4n) is 3.79. The van der Waals surface area contributed by atoms with Crippen LogP contribution in [0.4, 0.5) is 5.82 Å². The van der Waals surface area contributed by atoms with E-state index in [4.69, 9.17) is 4.74 Å². The van der Waals surface area contributed by atoms with E-state index in [0.717, 1.165) is 23.3 Å². The largest absolute Gasteiger partial charge is 0.493 e. The Balaban J connectivity index is 1.85. The average Bonchev–Trinajstić information content (AvgIpc) is 3.02. The lowest BCUT2D eigenvalue weighted by molar-refractivity contribution is 0.0821. The molecule has 0 bridgehead atoms. The highest BCUT2D eigenvalue weighted by atomic mass is 16.5. The lowest BCUT2D eigenvalue weighted by Gasteiger charge is -2.28. The third-order valence-corrected chi connectivity index (χ3v) is 5.29. The van der Waals surface area contributed by atoms with E-state index in [0.29, 0.717) is 29.5 Å². The van der Waals surface area contributed by atoms with Gasteiger partial charge in [0.25, 0.3) is 5.91 Å². The van der Waals surface area contributed by atoms with Crippen LogP contribution in [0.25, 0.3) is 5.65 Å². The van der Waals surface area contributed by atoms with E-state index < -0.39 is 0 Å². The molecule has 0 saturated carbocycles. The number of aryl methyl sites for hydroxylation is 2. The number of anilines is 1. The van der Waals surface area contributed by atoms with E-state index in [-0.39, 0.29) is 24.2 Å². The third kappa shape index (κ3) is 3.29. The average molecular weight is 395 g/mol. The molecule has 29 heavy (non-hydrogen) atoms. The Morgan fingerprint density at radius 3 is 2.86 bits per heavy atom. The van der Waals surface area contributed by atoms with Crippen molar-refractivity contribution in [3.63, 3.8) is 0 Å². The zero-order chi connectivity index (χ0) is 20.7. The van der Waals surface area contributed by atoms with E-state index in [2.05, 4.69) is 28.3 Å². The molecule has 0 spiro atoms. The lowest BCUT2D eigenvalue weighted by atomic mass is 9.96. The van der Waals surface area contributed by atoms with Crippen molar-refractivity contribution >= 4 is 17.4 Å². The maximum atomic E-state index is 12.6. The monoisotopic (exact) mass is 395 g/mol. The highest BCUT2D eigenvalue weighted by Crippen LogP contribution is 2.37. The van der Waals surface area contributed by atoms with Crippen LogP contribution in [0, 0.1) is 13.8 Å². The number of rotatable bonds is 4. The molecule has 0 saturated heterocycles. The van der Waals surface area contributed by atoms with E-state index in [1.165, 1.54) is 4.90 Å². The number of imidazole rings is 1. The van der Waals surface area contributed by atoms with Crippen LogP contribution in [0.15, 0.2) is 24.4 Å². The molecular formula is C21H25N5O3. The summed E-state index contributed by atoms with van der Waals surface area (Å²) in [6.45, 7) is 4.31. The molecule has 0 unspecified atom stereocenters. The Morgan fingerprint density at radius 1 is 1.34 bits per heavy atom. The van der Waals surface area contributed by atoms with Gasteiger partial charge >= 0.3 is 0 Å². The van der Waals surface area contributed by atoms with Crippen LogP contribution in [0.2, 0.25) is 0 Å². The molecule has 3 heterocycles. The quantitative estimate of drug-likeness (QED) is 0.705. The van der Waals surface area contributed by atoms with Crippen molar-refractivity contribution in [2.45, 2.75) is 32.9 Å². The third-order valence-electron chi connectivity index (χ3n) is 5.29. The first-order valence-electron chi connectivity index (χ1n) is 9.60. The summed E-state index contributed by atoms with van der Waals surface area (Å²) in [7, 11) is 3.37. The first-order valence-corrected chi connectivity index (χ1v) is 9.60. The van der Waals surface area contributed by atoms with Crippen molar-refractivity contribution in [3.05, 3.63) is 52.6 Å². The number of fused-ring (bicyclic) bond motifs is 2. The number of nitrogens with one attached hydrogen (secondary N) is 1. The summed E-state index contributed by atoms with van der Waals surface area (Å²) >= 11 is 0. The van der Waals surface area contributed by atoms with Gasteiger partial charge in [-0.15, -0.1) is 0 Å². The second kappa shape index (κ2) is 7.36. The van der Waals surface area contributed by atoms with Gasteiger partial charge in [0.1, 0.15) is 11.4 Å². The normalized spacial score (nSPS) is 15.7. The number of aliphatic hydroxyl groups excluding tert-OH is 1. The summed E-state index contributed by atoms with van der Waals surface area (Å²) in [5.41, 5.74) is 4.44. The zero-order valence-electron chi connectivity index (χ0n) is 17.1. The molecule has 0 radical (unpaired) electrons. The maximum absolute atomic E-state index is 12.6. The Morgan fingerprint density at radius 2 is 2.14 bits per heavy atom. The smallest absolute Gasteiger partial charge is 0.273 e. The second-order valence-corrected chi connectivity index (χ2v) is 7.49. The second-order valence-electron chi connectivity index (χ2n) is 7.49. The number of aromatic nitrogens is 3. The van der Waals surface area contributed by atoms with E-state index in [1.807, 2.05) is 19.1 Å². The van der Waals surface area contributed by atoms with Gasteiger partial charge in [-0.05, 0) is 25.5 Å². The minimum Gasteiger partial charge on any atom is -0.493 e. The van der Waals surface area contributed by atoms with Crippen LogP contribution in [0.1, 0.15) is 45.5 Å². The SMILES string of the molecule is Cc1cccc2c1[C@@H](Nc1nc(C(=O)N(C)C)cn3c(CO)c(C)nc13)CCO2. The number of benzene rings is 1. The van der Waals surface area contributed by atoms with Gasteiger partial charge in [-0.3, -0.25) is 9.20 Å². The van der Waals surface area contributed by atoms with Crippen LogP contribution >= 0.6 is 0 Å². The highest BCUT2D eigenvalue weighted by Gasteiger charge is 2.26. The molecule has 0 aliphatic carbocycles. The van der Waals surface area contributed by atoms with Gasteiger partial charge in [0, 0.05) is 32.3 Å². The molecule has 1 aromatic carbocycles. The Labute approximate surface area is 169 Å². The Bertz CT molecular complexity index is 1090. The molecule has 1 atom stereocenters. The molecule has 4 rings (SSSR count). The summed E-state index contributed by atoms with van der Waals surface area (Å²) in [6, 6.07) is 5.99. The fourth-order valence-corrected chi connectivity index (χ4v) is 3.79. The van der Waals surface area contributed by atoms with Gasteiger partial charge in [0.05, 0.1) is 30.6 Å². The molecule has 2 aromatic heterocycles. The molecule has 3 aromatic rings. The van der Waals surface area contributed by atoms with Crippen molar-refractivity contribution in [1.29, 1.82) is 0 Å². The minimum absolute atomic E-state index is 0.0180. The van der Waals surface area contributed by atoms with E-state index in [1.54, 1.807) is 24.7 Å². The van der Waals surface area contributed by atoms with Gasteiger partial charge in [-0.1, -0.05) is 12.1 Å². The lowest BCUT2D eigenvalue weighted by Crippen LogP contribution is -2.25. The molecule has 8 heteroatoms. The van der Waals surface area contributed by atoms with Crippen molar-refractivity contribution in [3.8, 4) is 5.75 Å². The van der Waals surface area contributed by atoms with Crippen LogP contribution in [-0.4, -0.2) is 51.0 Å². The molecular weight excluding hydrogens is 370 g/mol. The molecule has 152 valence electrons. The fraction of sp³-hybridized carbons (Fsp3) is 0.381. The molecule has 8 nitrogen and oxygen atoms in total. The summed E-state index contributed by atoms with van der Waals surface area (Å²) < 4.78 is 7.57. The molecule has 1 amide bonds. The van der Waals surface area contributed by atoms with Crippen molar-refractivity contribution in [1.82, 2.24) is 19.3 Å². The van der Waals surface area contributed by atoms with Gasteiger partial charge in [0.15, 0.2) is 11.5 Å². The number of hydrogen-bond donors (Lipinski definition) is 2. The molecule has 2 N–H and O–H groups in total. The number of hydrogen-bond acceptors (Lipinski definition) is 6. The summed E-state index contributed by atoms with van der Waals surface area (Å²) in [5, 5.41) is 13.3. The van der Waals surface area contributed by atoms with Crippen LogP contribution in [0.5, 0.6) is 5.75 Å². The number of ether oxygens (including phenoxy) is 1. The Hall–Kier alpha value is -3.13. The van der Waals surface area contributed by atoms with Crippen molar-refractivity contribution in [2.24, 2.45) is 0 Å². The molecule has 1 aliphatic rings. The highest BCUT2D eigenvalue weighted by molar-refractivity contribution is 5.92. The van der Waals surface area contributed by atoms with Crippen molar-refractivity contribution < 1.29 is 14.6 Å². The number of carbonyl (C=O) groups is 1. The standard InChI is InChI=1S/C21H25N5O3/c1-12-6-5-7-17-18(12)14(8-9-29-17)23-19-20-22-13(2)16(11-27)26(20)10-15(24-19)21(28)25(3)4/h5-7,10,14,27H,8-9,11H2,1-4H3,(H,23,24)/t14-/m0/s1. The molecule has 0 fully saturated rings. The number of carbonyl (C=O) groups excluding carboxylic acids is 1. The topological polar surface area (TPSA) is 92.0 Å². The van der Waals surface area contributed by atoms with Crippen molar-refractivity contribution in [2.75, 3.05) is 26.0 Å². The first kappa shape index (κ1) is 19.2. The van der Waals surface area contributed by atoms with Gasteiger partial charge < -0.3 is 20.1 Å². The number of aliphatic hydroxyl groups is 1. The Kier molecular flexibility index (Phi) is 4.87. The maximum Gasteiger partial charge on any atom is 0.273 e. The van der Waals surface area contributed by atoms with Gasteiger partial charge in [-0.25, -0.2) is 9.97 Å². The number of amides is 1. The summed E-state index contributed by atoms with van der Waals surface area (Å²) in [5.74, 6) is 1.16. The predicted octanol–water partition coefficient (Wildman–Crippen LogP) is 2.48. The van der Waals surface area contributed by atoms with E-state index >= 15 is 0 Å². The van der Waals surface area contributed by atoms with Gasteiger partial charge in [-0.2, -0.15) is 0 Å². The molecule has 1 aliphatic heterocycles.